The summed E-state index contributed by atoms with van der Waals surface area (Å²) >= 11 is 1.87. The van der Waals surface area contributed by atoms with Gasteiger partial charge < -0.3 is 0 Å². The summed E-state index contributed by atoms with van der Waals surface area (Å²) < 4.78 is 39.6. The van der Waals surface area contributed by atoms with E-state index in [-0.39, 0.29) is 0 Å². The Kier molecular flexibility index (Phi) is 5.63. The lowest BCUT2D eigenvalue weighted by Crippen LogP contribution is -2.30. The Morgan fingerprint density at radius 2 is 1.96 bits per heavy atom. The van der Waals surface area contributed by atoms with Crippen molar-refractivity contribution in [2.45, 2.75) is 37.2 Å². The molecule has 0 radical (unpaired) electrons. The summed E-state index contributed by atoms with van der Waals surface area (Å²) in [5, 5.41) is 12.3. The van der Waals surface area contributed by atoms with Gasteiger partial charge in [0.25, 0.3) is 0 Å². The average Bonchev–Trinajstić information content (AvgIpc) is 2.92. The normalized spacial score (nSPS) is 19.8. The van der Waals surface area contributed by atoms with Crippen LogP contribution in [0.2, 0.25) is 0 Å². The molecule has 9 heteroatoms. The van der Waals surface area contributed by atoms with E-state index in [2.05, 4.69) is 26.7 Å². The van der Waals surface area contributed by atoms with Gasteiger partial charge >= 0.3 is 6.18 Å². The fourth-order valence-electron chi connectivity index (χ4n) is 3.01. The summed E-state index contributed by atoms with van der Waals surface area (Å²) in [7, 11) is 0. The minimum atomic E-state index is -4.35. The predicted octanol–water partition coefficient (Wildman–Crippen LogP) is 3.40. The van der Waals surface area contributed by atoms with Crippen molar-refractivity contribution in [3.8, 4) is 5.69 Å². The van der Waals surface area contributed by atoms with Gasteiger partial charge in [0.2, 0.25) is 0 Å². The largest absolute Gasteiger partial charge is 0.416 e. The molecule has 5 nitrogen and oxygen atoms in total. The van der Waals surface area contributed by atoms with Gasteiger partial charge in [-0.15, -0.1) is 5.10 Å². The summed E-state index contributed by atoms with van der Waals surface area (Å²) in [6.07, 6.45) is 1.34. The van der Waals surface area contributed by atoms with E-state index in [1.807, 2.05) is 11.8 Å². The quantitative estimate of drug-likeness (QED) is 0.824. The van der Waals surface area contributed by atoms with Gasteiger partial charge in [0.1, 0.15) is 0 Å². The van der Waals surface area contributed by atoms with Gasteiger partial charge in [0.05, 0.1) is 17.8 Å². The maximum atomic E-state index is 12.7. The molecular formula is C16H20F3N5S. The minimum absolute atomic E-state index is 0.532. The summed E-state index contributed by atoms with van der Waals surface area (Å²) in [5.74, 6) is 0.640. The number of rotatable bonds is 4. The smallest absolute Gasteiger partial charge is 0.295 e. The highest BCUT2D eigenvalue weighted by Gasteiger charge is 2.30. The Labute approximate surface area is 148 Å². The highest BCUT2D eigenvalue weighted by atomic mass is 32.2. The zero-order valence-corrected chi connectivity index (χ0v) is 14.7. The van der Waals surface area contributed by atoms with Crippen LogP contribution in [0.5, 0.6) is 0 Å². The van der Waals surface area contributed by atoms with E-state index < -0.39 is 11.7 Å². The number of alkyl halides is 3. The van der Waals surface area contributed by atoms with E-state index in [0.29, 0.717) is 23.3 Å². The van der Waals surface area contributed by atoms with Crippen molar-refractivity contribution in [3.05, 3.63) is 35.7 Å². The Balaban J connectivity index is 1.76. The molecule has 1 fully saturated rings. The summed E-state index contributed by atoms with van der Waals surface area (Å²) in [4.78, 5) is 2.32. The molecule has 0 spiro atoms. The van der Waals surface area contributed by atoms with E-state index in [1.165, 1.54) is 29.7 Å². The van der Waals surface area contributed by atoms with E-state index in [0.717, 1.165) is 31.6 Å². The van der Waals surface area contributed by atoms with Crippen LogP contribution in [-0.2, 0) is 12.7 Å². The van der Waals surface area contributed by atoms with Crippen molar-refractivity contribution in [1.29, 1.82) is 0 Å². The first-order valence-corrected chi connectivity index (χ1v) is 9.46. The second-order valence-corrected chi connectivity index (χ2v) is 7.28. The maximum absolute atomic E-state index is 12.7. The van der Waals surface area contributed by atoms with Crippen molar-refractivity contribution in [3.63, 3.8) is 0 Å². The number of likely N-dealkylation sites (tertiary alicyclic amines) is 1. The Morgan fingerprint density at radius 1 is 1.20 bits per heavy atom. The Morgan fingerprint density at radius 3 is 2.64 bits per heavy atom. The summed E-state index contributed by atoms with van der Waals surface area (Å²) in [6, 6.07) is 4.90. The Hall–Kier alpha value is -1.61. The van der Waals surface area contributed by atoms with Crippen LogP contribution >= 0.6 is 11.8 Å². The van der Waals surface area contributed by atoms with Crippen molar-refractivity contribution in [2.24, 2.45) is 0 Å². The summed E-state index contributed by atoms with van der Waals surface area (Å²) in [6.45, 7) is 2.54. The van der Waals surface area contributed by atoms with Crippen LogP contribution in [0.25, 0.3) is 5.69 Å². The molecule has 1 saturated heterocycles. The third-order valence-electron chi connectivity index (χ3n) is 4.38. The molecule has 1 aliphatic rings. The first kappa shape index (κ1) is 18.2. The number of thioether (sulfide) groups is 1. The molecule has 0 aliphatic carbocycles. The number of tetrazole rings is 1. The van der Waals surface area contributed by atoms with Crippen LogP contribution in [0.4, 0.5) is 13.2 Å². The highest BCUT2D eigenvalue weighted by molar-refractivity contribution is 7.99. The van der Waals surface area contributed by atoms with E-state index in [4.69, 9.17) is 0 Å². The molecule has 3 rings (SSSR count). The van der Waals surface area contributed by atoms with Gasteiger partial charge in [0, 0.05) is 11.8 Å². The van der Waals surface area contributed by atoms with Gasteiger partial charge in [-0.3, -0.25) is 4.90 Å². The number of halogens is 3. The van der Waals surface area contributed by atoms with Crippen LogP contribution in [0, 0.1) is 0 Å². The first-order chi connectivity index (χ1) is 12.0. The average molecular weight is 371 g/mol. The van der Waals surface area contributed by atoms with Crippen molar-refractivity contribution >= 4 is 11.8 Å². The Bertz CT molecular complexity index is 686. The van der Waals surface area contributed by atoms with Gasteiger partial charge in [-0.1, -0.05) is 6.42 Å². The van der Waals surface area contributed by atoms with Crippen molar-refractivity contribution in [1.82, 2.24) is 25.1 Å². The molecule has 0 saturated carbocycles. The van der Waals surface area contributed by atoms with Crippen molar-refractivity contribution in [2.75, 3.05) is 19.3 Å². The first-order valence-electron chi connectivity index (χ1n) is 8.17. The second-order valence-electron chi connectivity index (χ2n) is 6.14. The molecule has 136 valence electrons. The number of benzene rings is 1. The zero-order chi connectivity index (χ0) is 17.9. The van der Waals surface area contributed by atoms with E-state index >= 15 is 0 Å². The van der Waals surface area contributed by atoms with E-state index in [9.17, 15) is 13.2 Å². The number of aromatic nitrogens is 4. The number of nitrogens with zero attached hydrogens (tertiary/aromatic N) is 5. The zero-order valence-electron chi connectivity index (χ0n) is 13.9. The molecule has 1 atom stereocenters. The summed E-state index contributed by atoms with van der Waals surface area (Å²) in [5.41, 5.74) is -0.148. The van der Waals surface area contributed by atoms with Gasteiger partial charge in [0.15, 0.2) is 5.82 Å². The molecule has 0 amide bonds. The third-order valence-corrected chi connectivity index (χ3v) is 5.44. The molecule has 2 heterocycles. The molecule has 25 heavy (non-hydrogen) atoms. The monoisotopic (exact) mass is 371 g/mol. The van der Waals surface area contributed by atoms with Gasteiger partial charge in [-0.05, 0) is 60.3 Å². The molecular weight excluding hydrogens is 351 g/mol. The highest BCUT2D eigenvalue weighted by Crippen LogP contribution is 2.29. The van der Waals surface area contributed by atoms with Gasteiger partial charge in [-0.2, -0.15) is 29.6 Å². The lowest BCUT2D eigenvalue weighted by atomic mass is 10.2. The fraction of sp³-hybridized carbons (Fsp3) is 0.562. The standard InChI is InChI=1S/C16H20F3N5S/c1-25-14-4-2-3-9-23(10-14)11-15-20-21-22-24(15)13-7-5-12(6-8-13)16(17,18)19/h5-8,14H,2-4,9-11H2,1H3. The molecule has 0 bridgehead atoms. The van der Waals surface area contributed by atoms with E-state index in [1.54, 1.807) is 0 Å². The molecule has 0 N–H and O–H groups in total. The van der Waals surface area contributed by atoms with Crippen LogP contribution in [0.15, 0.2) is 24.3 Å². The second kappa shape index (κ2) is 7.74. The number of hydrogen-bond donors (Lipinski definition) is 0. The predicted molar refractivity (Wildman–Crippen MR) is 90.6 cm³/mol. The third kappa shape index (κ3) is 4.52. The molecule has 1 unspecified atom stereocenters. The number of hydrogen-bond acceptors (Lipinski definition) is 5. The van der Waals surface area contributed by atoms with Crippen LogP contribution in [0.3, 0.4) is 0 Å². The van der Waals surface area contributed by atoms with Gasteiger partial charge in [-0.25, -0.2) is 0 Å². The SMILES string of the molecule is CSC1CCCCN(Cc2nnnn2-c2ccc(C(F)(F)F)cc2)C1. The lowest BCUT2D eigenvalue weighted by molar-refractivity contribution is -0.137. The molecule has 1 aliphatic heterocycles. The fourth-order valence-corrected chi connectivity index (χ4v) is 3.77. The molecule has 1 aromatic heterocycles. The van der Waals surface area contributed by atoms with Crippen LogP contribution in [0.1, 0.15) is 30.7 Å². The lowest BCUT2D eigenvalue weighted by Gasteiger charge is -2.22. The topological polar surface area (TPSA) is 46.8 Å². The van der Waals surface area contributed by atoms with Crippen LogP contribution < -0.4 is 0 Å². The maximum Gasteiger partial charge on any atom is 0.416 e. The molecule has 2 aromatic rings. The van der Waals surface area contributed by atoms with Crippen molar-refractivity contribution < 1.29 is 13.2 Å². The van der Waals surface area contributed by atoms with Crippen LogP contribution in [-0.4, -0.2) is 49.7 Å². The minimum Gasteiger partial charge on any atom is -0.295 e. The molecule has 1 aromatic carbocycles.